The molecule has 0 spiro atoms. The Labute approximate surface area is 183 Å². The molecule has 5 rings (SSSR count). The van der Waals surface area contributed by atoms with Crippen LogP contribution in [0, 0.1) is 6.57 Å². The van der Waals surface area contributed by atoms with Crippen LogP contribution in [0.3, 0.4) is 0 Å². The van der Waals surface area contributed by atoms with Crippen molar-refractivity contribution in [2.24, 2.45) is 0 Å². The molecule has 2 aliphatic rings. The Balaban J connectivity index is 1.59. The summed E-state index contributed by atoms with van der Waals surface area (Å²) >= 11 is 1.44. The summed E-state index contributed by atoms with van der Waals surface area (Å²) in [5.41, 5.74) is 1.49. The van der Waals surface area contributed by atoms with Crippen molar-refractivity contribution in [2.45, 2.75) is 18.9 Å². The van der Waals surface area contributed by atoms with Crippen molar-refractivity contribution in [1.82, 2.24) is 20.3 Å². The molecule has 31 heavy (non-hydrogen) atoms. The second kappa shape index (κ2) is 8.63. The predicted octanol–water partition coefficient (Wildman–Crippen LogP) is 2.60. The minimum absolute atomic E-state index is 0.197. The van der Waals surface area contributed by atoms with E-state index in [-0.39, 0.29) is 11.6 Å². The Morgan fingerprint density at radius 2 is 2.16 bits per heavy atom. The maximum atomic E-state index is 13.3. The van der Waals surface area contributed by atoms with E-state index in [0.29, 0.717) is 54.3 Å². The van der Waals surface area contributed by atoms with Gasteiger partial charge < -0.3 is 20.3 Å². The number of thiazole rings is 1. The number of ether oxygens (including phenoxy) is 1. The fourth-order valence-electron chi connectivity index (χ4n) is 3.95. The van der Waals surface area contributed by atoms with E-state index in [1.54, 1.807) is 12.1 Å². The van der Waals surface area contributed by atoms with Crippen LogP contribution >= 0.6 is 11.3 Å². The van der Waals surface area contributed by atoms with Crippen molar-refractivity contribution in [3.8, 4) is 10.6 Å². The molecule has 4 heterocycles. The van der Waals surface area contributed by atoms with Crippen molar-refractivity contribution in [3.05, 3.63) is 40.0 Å². The van der Waals surface area contributed by atoms with Gasteiger partial charge in [-0.1, -0.05) is 12.1 Å². The molecular formula is C21H23N7O2S. The normalized spacial score (nSPS) is 19.3. The van der Waals surface area contributed by atoms with Crippen LogP contribution < -0.4 is 21.1 Å². The highest BCUT2D eigenvalue weighted by molar-refractivity contribution is 7.21. The third kappa shape index (κ3) is 4.12. The number of fused-ring (bicyclic) bond motifs is 1. The van der Waals surface area contributed by atoms with E-state index in [9.17, 15) is 4.79 Å². The number of morpholine rings is 1. The Morgan fingerprint density at radius 3 is 2.94 bits per heavy atom. The molecule has 1 aromatic carbocycles. The van der Waals surface area contributed by atoms with Crippen molar-refractivity contribution in [1.29, 1.82) is 0 Å². The molecule has 2 saturated heterocycles. The topological polar surface area (TPSA) is 99.5 Å². The quantitative estimate of drug-likeness (QED) is 0.540. The molecular weight excluding hydrogens is 414 g/mol. The van der Waals surface area contributed by atoms with Crippen LogP contribution in [0.15, 0.2) is 23.0 Å². The van der Waals surface area contributed by atoms with Crippen LogP contribution in [0.2, 0.25) is 0 Å². The number of hydrogen-bond donors (Lipinski definition) is 3. The van der Waals surface area contributed by atoms with Gasteiger partial charge in [0.15, 0.2) is 5.69 Å². The van der Waals surface area contributed by atoms with E-state index in [1.807, 2.05) is 11.0 Å². The van der Waals surface area contributed by atoms with Gasteiger partial charge in [-0.15, -0.1) is 11.3 Å². The van der Waals surface area contributed by atoms with Crippen LogP contribution in [-0.4, -0.2) is 60.4 Å². The summed E-state index contributed by atoms with van der Waals surface area (Å²) in [6.45, 7) is 11.7. The molecule has 0 aliphatic carbocycles. The van der Waals surface area contributed by atoms with Gasteiger partial charge in [-0.2, -0.15) is 4.98 Å². The summed E-state index contributed by atoms with van der Waals surface area (Å²) in [5.74, 6) is 1.11. The summed E-state index contributed by atoms with van der Waals surface area (Å²) in [6, 6.07) is 5.60. The number of H-pyrrole nitrogens is 1. The van der Waals surface area contributed by atoms with Crippen LogP contribution in [0.5, 0.6) is 0 Å². The molecule has 0 bridgehead atoms. The van der Waals surface area contributed by atoms with E-state index < -0.39 is 0 Å². The SMILES string of the molecule is [C-]#[N+]c1ccc2sc(-c3c(N[C@@H]4CCCNC4)nc(N4CCOCC4)[nH]c3=O)nc2c1. The van der Waals surface area contributed by atoms with E-state index in [0.717, 1.165) is 36.1 Å². The third-order valence-corrected chi connectivity index (χ3v) is 6.62. The summed E-state index contributed by atoms with van der Waals surface area (Å²) < 4.78 is 6.37. The first-order chi connectivity index (χ1) is 15.2. The zero-order valence-corrected chi connectivity index (χ0v) is 17.8. The van der Waals surface area contributed by atoms with Gasteiger partial charge >= 0.3 is 0 Å². The van der Waals surface area contributed by atoms with Crippen molar-refractivity contribution < 1.29 is 4.74 Å². The average Bonchev–Trinajstić information content (AvgIpc) is 3.22. The lowest BCUT2D eigenvalue weighted by Gasteiger charge is -2.29. The molecule has 2 fully saturated rings. The number of benzene rings is 1. The summed E-state index contributed by atoms with van der Waals surface area (Å²) in [4.78, 5) is 31.2. The molecule has 1 atom stereocenters. The average molecular weight is 438 g/mol. The number of hydrogen-bond acceptors (Lipinski definition) is 8. The molecule has 3 N–H and O–H groups in total. The smallest absolute Gasteiger partial charge is 0.264 e. The monoisotopic (exact) mass is 437 g/mol. The molecule has 160 valence electrons. The lowest BCUT2D eigenvalue weighted by Crippen LogP contribution is -2.40. The fourth-order valence-corrected chi connectivity index (χ4v) is 4.94. The molecule has 2 aromatic heterocycles. The number of piperidine rings is 1. The number of aromatic amines is 1. The van der Waals surface area contributed by atoms with Crippen LogP contribution in [0.25, 0.3) is 25.6 Å². The van der Waals surface area contributed by atoms with Gasteiger partial charge in [0.25, 0.3) is 5.56 Å². The van der Waals surface area contributed by atoms with Crippen molar-refractivity contribution in [2.75, 3.05) is 49.6 Å². The van der Waals surface area contributed by atoms with Gasteiger partial charge in [-0.05, 0) is 25.5 Å². The highest BCUT2D eigenvalue weighted by Crippen LogP contribution is 2.34. The maximum Gasteiger partial charge on any atom is 0.264 e. The van der Waals surface area contributed by atoms with Crippen LogP contribution in [0.4, 0.5) is 17.5 Å². The van der Waals surface area contributed by atoms with Crippen LogP contribution in [0.1, 0.15) is 12.8 Å². The van der Waals surface area contributed by atoms with E-state index in [4.69, 9.17) is 16.3 Å². The van der Waals surface area contributed by atoms with E-state index in [1.165, 1.54) is 11.3 Å². The number of nitrogens with one attached hydrogen (secondary N) is 3. The van der Waals surface area contributed by atoms with Gasteiger partial charge in [-0.25, -0.2) is 9.83 Å². The first-order valence-electron chi connectivity index (χ1n) is 10.4. The molecule has 2 aliphatic heterocycles. The first kappa shape index (κ1) is 19.9. The van der Waals surface area contributed by atoms with Gasteiger partial charge in [-0.3, -0.25) is 9.78 Å². The lowest BCUT2D eigenvalue weighted by molar-refractivity contribution is 0.122. The number of nitrogens with zero attached hydrogens (tertiary/aromatic N) is 4. The molecule has 0 unspecified atom stereocenters. The van der Waals surface area contributed by atoms with Crippen molar-refractivity contribution >= 4 is 39.0 Å². The summed E-state index contributed by atoms with van der Waals surface area (Å²) in [7, 11) is 0. The largest absolute Gasteiger partial charge is 0.378 e. The number of rotatable bonds is 4. The second-order valence-electron chi connectivity index (χ2n) is 7.68. The number of aromatic nitrogens is 3. The van der Waals surface area contributed by atoms with E-state index >= 15 is 0 Å². The summed E-state index contributed by atoms with van der Waals surface area (Å²) in [6.07, 6.45) is 2.09. The summed E-state index contributed by atoms with van der Waals surface area (Å²) in [5, 5.41) is 7.50. The standard InChI is InChI=1S/C21H23N7O2S/c1-22-13-4-5-16-15(11-13)25-20(31-16)17-18(24-14-3-2-6-23-12-14)26-21(27-19(17)29)28-7-9-30-10-8-28/h4-5,11,14,23H,2-3,6-10,12H2,(H2,24,26,27,29)/t14-/m1/s1. The molecule has 10 heteroatoms. The van der Waals surface area contributed by atoms with Gasteiger partial charge in [0, 0.05) is 25.7 Å². The zero-order valence-electron chi connectivity index (χ0n) is 17.0. The Morgan fingerprint density at radius 1 is 1.29 bits per heavy atom. The van der Waals surface area contributed by atoms with Crippen molar-refractivity contribution in [3.63, 3.8) is 0 Å². The molecule has 0 amide bonds. The maximum absolute atomic E-state index is 13.3. The minimum atomic E-state index is -0.216. The zero-order chi connectivity index (χ0) is 21.2. The van der Waals surface area contributed by atoms with Crippen LogP contribution in [-0.2, 0) is 4.74 Å². The minimum Gasteiger partial charge on any atom is -0.378 e. The predicted molar refractivity (Wildman–Crippen MR) is 122 cm³/mol. The Bertz CT molecular complexity index is 1190. The van der Waals surface area contributed by atoms with Gasteiger partial charge in [0.05, 0.1) is 30.0 Å². The first-order valence-corrected chi connectivity index (χ1v) is 11.3. The lowest BCUT2D eigenvalue weighted by atomic mass is 10.1. The Hall–Kier alpha value is -3.00. The third-order valence-electron chi connectivity index (χ3n) is 5.57. The number of anilines is 2. The molecule has 0 radical (unpaired) electrons. The Kier molecular flexibility index (Phi) is 5.55. The second-order valence-corrected chi connectivity index (χ2v) is 8.71. The highest BCUT2D eigenvalue weighted by atomic mass is 32.1. The molecule has 3 aromatic rings. The fraction of sp³-hybridized carbons (Fsp3) is 0.429. The molecule has 0 saturated carbocycles. The highest BCUT2D eigenvalue weighted by Gasteiger charge is 2.23. The van der Waals surface area contributed by atoms with Gasteiger partial charge in [0.1, 0.15) is 16.4 Å². The molecule has 9 nitrogen and oxygen atoms in total. The van der Waals surface area contributed by atoms with Gasteiger partial charge in [0.2, 0.25) is 5.95 Å². The van der Waals surface area contributed by atoms with E-state index in [2.05, 4.69) is 25.4 Å².